The molecule has 2 aromatic heterocycles. The second kappa shape index (κ2) is 7.90. The van der Waals surface area contributed by atoms with E-state index in [-0.39, 0.29) is 5.91 Å². The molecule has 1 amide bonds. The molecule has 126 valence electrons. The van der Waals surface area contributed by atoms with Crippen LogP contribution in [0.2, 0.25) is 0 Å². The van der Waals surface area contributed by atoms with Gasteiger partial charge in [0.1, 0.15) is 5.82 Å². The minimum atomic E-state index is -0.0197. The smallest absolute Gasteiger partial charge is 0.255 e. The van der Waals surface area contributed by atoms with Gasteiger partial charge in [-0.1, -0.05) is 18.9 Å². The van der Waals surface area contributed by atoms with Gasteiger partial charge in [-0.3, -0.25) is 9.78 Å². The van der Waals surface area contributed by atoms with Crippen molar-refractivity contribution in [2.75, 3.05) is 25.0 Å². The van der Waals surface area contributed by atoms with Crippen molar-refractivity contribution in [3.63, 3.8) is 0 Å². The first kappa shape index (κ1) is 16.4. The summed E-state index contributed by atoms with van der Waals surface area (Å²) in [5, 5.41) is 0. The van der Waals surface area contributed by atoms with Crippen LogP contribution in [0, 0.1) is 0 Å². The maximum absolute atomic E-state index is 12.5. The number of aromatic nitrogens is 2. The van der Waals surface area contributed by atoms with Crippen LogP contribution in [-0.2, 0) is 6.54 Å². The Bertz CT molecular complexity index is 649. The number of carbonyl (C=O) groups excluding carboxylic acids is 1. The predicted octanol–water partition coefficient (Wildman–Crippen LogP) is 3.13. The van der Waals surface area contributed by atoms with Gasteiger partial charge in [-0.05, 0) is 36.6 Å². The highest BCUT2D eigenvalue weighted by Crippen LogP contribution is 2.18. The molecule has 3 heterocycles. The third-order valence-electron chi connectivity index (χ3n) is 4.41. The summed E-state index contributed by atoms with van der Waals surface area (Å²) in [5.74, 6) is 0.956. The van der Waals surface area contributed by atoms with E-state index in [0.29, 0.717) is 12.1 Å². The first-order chi connectivity index (χ1) is 11.7. The quantitative estimate of drug-likeness (QED) is 0.867. The Morgan fingerprint density at radius 2 is 1.92 bits per heavy atom. The van der Waals surface area contributed by atoms with Crippen molar-refractivity contribution in [2.45, 2.75) is 32.2 Å². The number of anilines is 1. The van der Waals surface area contributed by atoms with Crippen molar-refractivity contribution in [1.82, 2.24) is 14.9 Å². The number of hydrogen-bond acceptors (Lipinski definition) is 4. The molecule has 1 aliphatic rings. The third kappa shape index (κ3) is 4.10. The number of amides is 1. The van der Waals surface area contributed by atoms with E-state index in [1.165, 1.54) is 25.7 Å². The zero-order valence-electron chi connectivity index (χ0n) is 14.2. The van der Waals surface area contributed by atoms with Gasteiger partial charge in [0.15, 0.2) is 0 Å². The van der Waals surface area contributed by atoms with Crippen LogP contribution >= 0.6 is 0 Å². The fraction of sp³-hybridized carbons (Fsp3) is 0.421. The van der Waals surface area contributed by atoms with Crippen LogP contribution in [0.15, 0.2) is 42.9 Å². The van der Waals surface area contributed by atoms with E-state index >= 15 is 0 Å². The molecule has 0 aliphatic carbocycles. The number of hydrogen-bond donors (Lipinski definition) is 0. The molecule has 1 fully saturated rings. The van der Waals surface area contributed by atoms with Crippen molar-refractivity contribution < 1.29 is 4.79 Å². The summed E-state index contributed by atoms with van der Waals surface area (Å²) in [5.41, 5.74) is 1.64. The number of pyridine rings is 2. The summed E-state index contributed by atoms with van der Waals surface area (Å²) in [6.07, 6.45) is 10.2. The van der Waals surface area contributed by atoms with Crippen LogP contribution < -0.4 is 4.90 Å². The summed E-state index contributed by atoms with van der Waals surface area (Å²) in [6.45, 7) is 2.66. The van der Waals surface area contributed by atoms with Gasteiger partial charge >= 0.3 is 0 Å². The normalized spacial score (nSPS) is 15.0. The first-order valence-electron chi connectivity index (χ1n) is 8.59. The van der Waals surface area contributed by atoms with E-state index < -0.39 is 0 Å². The van der Waals surface area contributed by atoms with Gasteiger partial charge in [0.05, 0.1) is 5.56 Å². The Morgan fingerprint density at radius 1 is 1.12 bits per heavy atom. The van der Waals surface area contributed by atoms with Crippen molar-refractivity contribution in [1.29, 1.82) is 0 Å². The molecule has 0 bridgehead atoms. The highest BCUT2D eigenvalue weighted by molar-refractivity contribution is 5.93. The van der Waals surface area contributed by atoms with E-state index in [1.807, 2.05) is 24.3 Å². The zero-order valence-corrected chi connectivity index (χ0v) is 14.2. The lowest BCUT2D eigenvalue weighted by Crippen LogP contribution is -2.27. The molecule has 5 nitrogen and oxygen atoms in total. The van der Waals surface area contributed by atoms with Gasteiger partial charge in [0.2, 0.25) is 0 Å². The molecule has 0 saturated carbocycles. The molecule has 0 radical (unpaired) electrons. The van der Waals surface area contributed by atoms with E-state index in [9.17, 15) is 4.79 Å². The van der Waals surface area contributed by atoms with E-state index in [2.05, 4.69) is 14.9 Å². The summed E-state index contributed by atoms with van der Waals surface area (Å²) in [6, 6.07) is 7.70. The average Bonchev–Trinajstić information content (AvgIpc) is 2.91. The largest absolute Gasteiger partial charge is 0.357 e. The molecule has 1 saturated heterocycles. The summed E-state index contributed by atoms with van der Waals surface area (Å²) in [4.78, 5) is 25.2. The Morgan fingerprint density at radius 3 is 2.54 bits per heavy atom. The average molecular weight is 324 g/mol. The molecule has 0 atom stereocenters. The molecule has 0 N–H and O–H groups in total. The van der Waals surface area contributed by atoms with Gasteiger partial charge in [-0.25, -0.2) is 4.98 Å². The minimum absolute atomic E-state index is 0.0197. The van der Waals surface area contributed by atoms with Crippen LogP contribution in [0.3, 0.4) is 0 Å². The SMILES string of the molecule is CN(Cc1cccnc1)C(=O)c1ccc(N2CCCCCC2)nc1. The fourth-order valence-corrected chi connectivity index (χ4v) is 3.06. The molecule has 0 aromatic carbocycles. The Hall–Kier alpha value is -2.43. The second-order valence-electron chi connectivity index (χ2n) is 6.33. The van der Waals surface area contributed by atoms with Crippen molar-refractivity contribution in [3.05, 3.63) is 54.0 Å². The van der Waals surface area contributed by atoms with Gasteiger partial charge in [-0.2, -0.15) is 0 Å². The molecule has 24 heavy (non-hydrogen) atoms. The van der Waals surface area contributed by atoms with E-state index in [0.717, 1.165) is 24.5 Å². The molecule has 2 aromatic rings. The second-order valence-corrected chi connectivity index (χ2v) is 6.33. The van der Waals surface area contributed by atoms with E-state index in [4.69, 9.17) is 0 Å². The fourth-order valence-electron chi connectivity index (χ4n) is 3.06. The van der Waals surface area contributed by atoms with E-state index in [1.54, 1.807) is 30.5 Å². The van der Waals surface area contributed by atoms with Gasteiger partial charge in [0.25, 0.3) is 5.91 Å². The number of rotatable bonds is 4. The lowest BCUT2D eigenvalue weighted by molar-refractivity contribution is 0.0784. The van der Waals surface area contributed by atoms with Crippen LogP contribution in [-0.4, -0.2) is 40.9 Å². The standard InChI is InChI=1S/C19H24N4O/c1-22(15-16-7-6-10-20-13-16)19(24)17-8-9-18(21-14-17)23-11-4-2-3-5-12-23/h6-10,13-14H,2-5,11-12,15H2,1H3. The monoisotopic (exact) mass is 324 g/mol. The maximum Gasteiger partial charge on any atom is 0.255 e. The first-order valence-corrected chi connectivity index (χ1v) is 8.59. The van der Waals surface area contributed by atoms with Gasteiger partial charge in [0, 0.05) is 45.3 Å². The Labute approximate surface area is 143 Å². The molecular weight excluding hydrogens is 300 g/mol. The van der Waals surface area contributed by atoms with Crippen molar-refractivity contribution in [3.8, 4) is 0 Å². The van der Waals surface area contributed by atoms with Crippen LogP contribution in [0.4, 0.5) is 5.82 Å². The molecule has 0 spiro atoms. The summed E-state index contributed by atoms with van der Waals surface area (Å²) in [7, 11) is 1.80. The highest BCUT2D eigenvalue weighted by Gasteiger charge is 2.15. The number of carbonyl (C=O) groups is 1. The summed E-state index contributed by atoms with van der Waals surface area (Å²) >= 11 is 0. The number of nitrogens with zero attached hydrogens (tertiary/aromatic N) is 4. The zero-order chi connectivity index (χ0) is 16.8. The van der Waals surface area contributed by atoms with Crippen LogP contribution in [0.1, 0.15) is 41.6 Å². The van der Waals surface area contributed by atoms with Gasteiger partial charge < -0.3 is 9.80 Å². The molecule has 1 aliphatic heterocycles. The van der Waals surface area contributed by atoms with Crippen molar-refractivity contribution >= 4 is 11.7 Å². The molecule has 5 heteroatoms. The lowest BCUT2D eigenvalue weighted by Gasteiger charge is -2.22. The lowest BCUT2D eigenvalue weighted by atomic mass is 10.2. The molecule has 3 rings (SSSR count). The highest BCUT2D eigenvalue weighted by atomic mass is 16.2. The maximum atomic E-state index is 12.5. The molecule has 0 unspecified atom stereocenters. The summed E-state index contributed by atoms with van der Waals surface area (Å²) < 4.78 is 0. The topological polar surface area (TPSA) is 49.3 Å². The van der Waals surface area contributed by atoms with Crippen LogP contribution in [0.25, 0.3) is 0 Å². The minimum Gasteiger partial charge on any atom is -0.357 e. The van der Waals surface area contributed by atoms with Crippen LogP contribution in [0.5, 0.6) is 0 Å². The molecular formula is C19H24N4O. The Balaban J connectivity index is 1.64. The van der Waals surface area contributed by atoms with Crippen molar-refractivity contribution in [2.24, 2.45) is 0 Å². The van der Waals surface area contributed by atoms with Gasteiger partial charge in [-0.15, -0.1) is 0 Å². The Kier molecular flexibility index (Phi) is 5.41. The third-order valence-corrected chi connectivity index (χ3v) is 4.41. The predicted molar refractivity (Wildman–Crippen MR) is 95.0 cm³/mol.